The average molecular weight is 520 g/mol. The number of hydrogen-bond donors (Lipinski definition) is 2. The minimum Gasteiger partial charge on any atom is -0.492 e. The number of amides is 1. The van der Waals surface area contributed by atoms with Crippen molar-refractivity contribution in [3.05, 3.63) is 41.3 Å². The van der Waals surface area contributed by atoms with Gasteiger partial charge in [0.05, 0.1) is 12.2 Å². The van der Waals surface area contributed by atoms with Crippen LogP contribution in [0.4, 0.5) is 8.78 Å². The third kappa shape index (κ3) is 5.74. The summed E-state index contributed by atoms with van der Waals surface area (Å²) < 4.78 is 34.2. The minimum absolute atomic E-state index is 0.0145. The zero-order chi connectivity index (χ0) is 26.1. The second-order valence-electron chi connectivity index (χ2n) is 10.9. The number of hydrogen-bond acceptors (Lipinski definition) is 4. The summed E-state index contributed by atoms with van der Waals surface area (Å²) in [4.78, 5) is 25.9. The Morgan fingerprint density at radius 3 is 2.64 bits per heavy atom. The Morgan fingerprint density at radius 1 is 1.25 bits per heavy atom. The maximum Gasteiger partial charge on any atom is 0.326 e. The van der Waals surface area contributed by atoms with E-state index in [9.17, 15) is 23.5 Å². The van der Waals surface area contributed by atoms with E-state index in [-0.39, 0.29) is 30.9 Å². The number of fused-ring (bicyclic) bond motifs is 1. The van der Waals surface area contributed by atoms with E-state index in [0.717, 1.165) is 28.5 Å². The smallest absolute Gasteiger partial charge is 0.326 e. The van der Waals surface area contributed by atoms with E-state index in [4.69, 9.17) is 4.74 Å². The van der Waals surface area contributed by atoms with Gasteiger partial charge in [0, 0.05) is 28.3 Å². The molecule has 3 atom stereocenters. The topological polar surface area (TPSA) is 75.6 Å². The molecule has 0 bridgehead atoms. The summed E-state index contributed by atoms with van der Waals surface area (Å²) >= 11 is 1.51. The van der Waals surface area contributed by atoms with Gasteiger partial charge < -0.3 is 15.2 Å². The van der Waals surface area contributed by atoms with Gasteiger partial charge in [-0.1, -0.05) is 32.4 Å². The molecule has 1 amide bonds. The van der Waals surface area contributed by atoms with Gasteiger partial charge in [0.15, 0.2) is 0 Å². The Hall–Kier alpha value is -2.48. The van der Waals surface area contributed by atoms with Crippen LogP contribution >= 0.6 is 11.3 Å². The number of carbonyl (C=O) groups excluding carboxylic acids is 1. The number of rotatable bonds is 8. The number of ether oxygens (including phenoxy) is 1. The average Bonchev–Trinajstić information content (AvgIpc) is 3.29. The highest BCUT2D eigenvalue weighted by Crippen LogP contribution is 2.45. The fraction of sp³-hybridized carbons (Fsp3) is 0.571. The van der Waals surface area contributed by atoms with Crippen LogP contribution in [-0.4, -0.2) is 35.6 Å². The maximum atomic E-state index is 13.6. The fourth-order valence-corrected chi connectivity index (χ4v) is 6.71. The molecule has 36 heavy (non-hydrogen) atoms. The SMILES string of the molecule is C=C1CC(CC)C[C@](C)(C(NC(=O)c2ccc3sccc3c2OCC2CCC(F)(F)CC2)C(=O)O)C1. The number of halogens is 2. The molecule has 2 saturated carbocycles. The van der Waals surface area contributed by atoms with Gasteiger partial charge in [-0.15, -0.1) is 11.3 Å². The van der Waals surface area contributed by atoms with Crippen LogP contribution < -0.4 is 10.1 Å². The maximum absolute atomic E-state index is 13.6. The zero-order valence-corrected chi connectivity index (χ0v) is 21.8. The largest absolute Gasteiger partial charge is 0.492 e. The van der Waals surface area contributed by atoms with Gasteiger partial charge >= 0.3 is 5.97 Å². The lowest BCUT2D eigenvalue weighted by Gasteiger charge is -2.43. The molecule has 0 aliphatic heterocycles. The molecule has 0 radical (unpaired) electrons. The van der Waals surface area contributed by atoms with Gasteiger partial charge in [-0.05, 0) is 67.5 Å². The number of thiophene rings is 1. The van der Waals surface area contributed by atoms with Gasteiger partial charge in [0.2, 0.25) is 5.92 Å². The van der Waals surface area contributed by atoms with Gasteiger partial charge in [-0.25, -0.2) is 13.6 Å². The molecule has 1 aromatic carbocycles. The van der Waals surface area contributed by atoms with Crippen molar-refractivity contribution in [2.45, 2.75) is 77.2 Å². The van der Waals surface area contributed by atoms with Crippen molar-refractivity contribution in [3.8, 4) is 5.75 Å². The zero-order valence-electron chi connectivity index (χ0n) is 20.9. The summed E-state index contributed by atoms with van der Waals surface area (Å²) in [5, 5.41) is 15.6. The highest BCUT2D eigenvalue weighted by Gasteiger charge is 2.44. The molecule has 0 saturated heterocycles. The summed E-state index contributed by atoms with van der Waals surface area (Å²) in [5.74, 6) is -3.49. The third-order valence-electron chi connectivity index (χ3n) is 7.91. The van der Waals surface area contributed by atoms with Crippen LogP contribution in [0, 0.1) is 17.3 Å². The first kappa shape index (κ1) is 26.6. The van der Waals surface area contributed by atoms with Gasteiger partial charge in [0.25, 0.3) is 5.91 Å². The molecule has 1 aromatic heterocycles. The lowest BCUT2D eigenvalue weighted by atomic mass is 9.64. The van der Waals surface area contributed by atoms with E-state index >= 15 is 0 Å². The third-order valence-corrected chi connectivity index (χ3v) is 8.80. The number of aliphatic carboxylic acids is 1. The molecule has 2 unspecified atom stereocenters. The number of carboxylic acids is 1. The molecule has 8 heteroatoms. The molecule has 5 nitrogen and oxygen atoms in total. The lowest BCUT2D eigenvalue weighted by molar-refractivity contribution is -0.143. The summed E-state index contributed by atoms with van der Waals surface area (Å²) in [6, 6.07) is 4.28. The van der Waals surface area contributed by atoms with Crippen molar-refractivity contribution in [1.82, 2.24) is 5.32 Å². The highest BCUT2D eigenvalue weighted by atomic mass is 32.1. The van der Waals surface area contributed by atoms with Gasteiger partial charge in [0.1, 0.15) is 11.8 Å². The fourth-order valence-electron chi connectivity index (χ4n) is 5.93. The molecule has 2 aliphatic carbocycles. The molecule has 2 aliphatic rings. The van der Waals surface area contributed by atoms with Crippen LogP contribution in [0.15, 0.2) is 35.7 Å². The Balaban J connectivity index is 1.57. The Morgan fingerprint density at radius 2 is 1.97 bits per heavy atom. The number of allylic oxidation sites excluding steroid dienone is 1. The normalized spacial score (nSPS) is 25.4. The summed E-state index contributed by atoms with van der Waals surface area (Å²) in [5.41, 5.74) is 0.620. The summed E-state index contributed by atoms with van der Waals surface area (Å²) in [6.07, 6.45) is 3.48. The van der Waals surface area contributed by atoms with Crippen molar-refractivity contribution < 1.29 is 28.2 Å². The second-order valence-corrected chi connectivity index (χ2v) is 11.8. The first-order valence-corrected chi connectivity index (χ1v) is 13.6. The van der Waals surface area contributed by atoms with Gasteiger partial charge in [-0.3, -0.25) is 4.79 Å². The van der Waals surface area contributed by atoms with E-state index < -0.39 is 29.3 Å². The molecule has 2 N–H and O–H groups in total. The standard InChI is InChI=1S/C28H35F2NO4S/c1-4-18-13-17(2)14-27(3,15-18)24(26(33)34)31-25(32)21-5-6-22-20(9-12-36-22)23(21)35-16-19-7-10-28(29,30)11-8-19/h5-6,9,12,18-19,24H,2,4,7-8,10-11,13-16H2,1,3H3,(H,31,32)(H,33,34)/t18?,24?,27-/m1/s1. The number of nitrogens with one attached hydrogen (secondary N) is 1. The van der Waals surface area contributed by atoms with Crippen LogP contribution in [0.1, 0.15) is 75.6 Å². The van der Waals surface area contributed by atoms with Crippen LogP contribution in [0.2, 0.25) is 0 Å². The van der Waals surface area contributed by atoms with E-state index in [2.05, 4.69) is 18.8 Å². The molecule has 2 aromatic rings. The molecule has 2 fully saturated rings. The summed E-state index contributed by atoms with van der Waals surface area (Å²) in [7, 11) is 0. The Kier molecular flexibility index (Phi) is 7.74. The Bertz CT molecular complexity index is 1140. The molecule has 1 heterocycles. The van der Waals surface area contributed by atoms with Gasteiger partial charge in [-0.2, -0.15) is 0 Å². The number of benzene rings is 1. The molecule has 196 valence electrons. The quantitative estimate of drug-likeness (QED) is 0.366. The lowest BCUT2D eigenvalue weighted by Crippen LogP contribution is -2.53. The van der Waals surface area contributed by atoms with Crippen molar-refractivity contribution >= 4 is 33.3 Å². The second kappa shape index (κ2) is 10.5. The first-order chi connectivity index (χ1) is 17.0. The van der Waals surface area contributed by atoms with Crippen molar-refractivity contribution in [2.24, 2.45) is 17.3 Å². The van der Waals surface area contributed by atoms with Crippen molar-refractivity contribution in [2.75, 3.05) is 6.61 Å². The van der Waals surface area contributed by atoms with E-state index in [1.807, 2.05) is 24.4 Å². The van der Waals surface area contributed by atoms with Crippen molar-refractivity contribution in [3.63, 3.8) is 0 Å². The van der Waals surface area contributed by atoms with Crippen molar-refractivity contribution in [1.29, 1.82) is 0 Å². The predicted molar refractivity (Wildman–Crippen MR) is 138 cm³/mol. The minimum atomic E-state index is -2.61. The summed E-state index contributed by atoms with van der Waals surface area (Å²) in [6.45, 7) is 8.38. The number of alkyl halides is 2. The van der Waals surface area contributed by atoms with Crippen LogP contribution in [0.5, 0.6) is 5.75 Å². The van der Waals surface area contributed by atoms with E-state index in [1.165, 1.54) is 11.3 Å². The monoisotopic (exact) mass is 519 g/mol. The predicted octanol–water partition coefficient (Wildman–Crippen LogP) is 7.06. The van der Waals surface area contributed by atoms with Crippen LogP contribution in [0.3, 0.4) is 0 Å². The number of carboxylic acid groups (broad SMARTS) is 1. The van der Waals surface area contributed by atoms with Crippen LogP contribution in [-0.2, 0) is 4.79 Å². The molecular weight excluding hydrogens is 484 g/mol. The highest BCUT2D eigenvalue weighted by molar-refractivity contribution is 7.17. The molecule has 4 rings (SSSR count). The number of carbonyl (C=O) groups is 2. The molecule has 0 spiro atoms. The molecular formula is C28H35F2NO4S. The first-order valence-electron chi connectivity index (χ1n) is 12.7. The van der Waals surface area contributed by atoms with E-state index in [0.29, 0.717) is 37.4 Å². The van der Waals surface area contributed by atoms with E-state index in [1.54, 1.807) is 6.07 Å². The van der Waals surface area contributed by atoms with Crippen LogP contribution in [0.25, 0.3) is 10.1 Å². The Labute approximate surface area is 214 Å².